The summed E-state index contributed by atoms with van der Waals surface area (Å²) in [4.78, 5) is 15.2. The van der Waals surface area contributed by atoms with E-state index in [0.29, 0.717) is 25.4 Å². The average Bonchev–Trinajstić information content (AvgIpc) is 3.13. The van der Waals surface area contributed by atoms with Crippen LogP contribution in [0, 0.1) is 0 Å². The fourth-order valence-corrected chi connectivity index (χ4v) is 4.36. The molecule has 0 radical (unpaired) electrons. The highest BCUT2D eigenvalue weighted by molar-refractivity contribution is 7.88. The van der Waals surface area contributed by atoms with Crippen molar-refractivity contribution in [2.45, 2.75) is 25.5 Å². The van der Waals surface area contributed by atoms with Crippen molar-refractivity contribution in [3.63, 3.8) is 0 Å². The monoisotopic (exact) mass is 409 g/mol. The zero-order chi connectivity index (χ0) is 19.3. The van der Waals surface area contributed by atoms with E-state index in [4.69, 9.17) is 4.74 Å². The van der Waals surface area contributed by atoms with E-state index < -0.39 is 10.0 Å². The molecule has 2 N–H and O–H groups in total. The van der Waals surface area contributed by atoms with Crippen LogP contribution in [0.3, 0.4) is 0 Å². The van der Waals surface area contributed by atoms with Gasteiger partial charge in [0.1, 0.15) is 12.4 Å². The van der Waals surface area contributed by atoms with Gasteiger partial charge in [0, 0.05) is 29.7 Å². The first-order valence-electron chi connectivity index (χ1n) is 8.67. The molecule has 1 fully saturated rings. The van der Waals surface area contributed by atoms with Crippen molar-refractivity contribution < 1.29 is 17.9 Å². The Morgan fingerprint density at radius 1 is 1.30 bits per heavy atom. The van der Waals surface area contributed by atoms with Crippen molar-refractivity contribution in [3.05, 3.63) is 46.7 Å². The number of benzene rings is 1. The van der Waals surface area contributed by atoms with Gasteiger partial charge in [-0.3, -0.25) is 0 Å². The van der Waals surface area contributed by atoms with Crippen LogP contribution >= 0.6 is 11.3 Å². The Hall–Kier alpha value is -2.10. The molecule has 0 bridgehead atoms. The Morgan fingerprint density at radius 3 is 2.74 bits per heavy atom. The first-order chi connectivity index (χ1) is 12.9. The number of rotatable bonds is 6. The van der Waals surface area contributed by atoms with E-state index in [1.54, 1.807) is 28.4 Å². The molecule has 146 valence electrons. The van der Waals surface area contributed by atoms with Crippen molar-refractivity contribution in [1.29, 1.82) is 0 Å². The van der Waals surface area contributed by atoms with E-state index in [-0.39, 0.29) is 12.1 Å². The van der Waals surface area contributed by atoms with Crippen molar-refractivity contribution >= 4 is 33.1 Å². The van der Waals surface area contributed by atoms with Gasteiger partial charge in [-0.2, -0.15) is 0 Å². The summed E-state index contributed by atoms with van der Waals surface area (Å²) in [6.45, 7) is 1.49. The van der Waals surface area contributed by atoms with Crippen molar-refractivity contribution in [2.24, 2.45) is 0 Å². The second kappa shape index (κ2) is 8.73. The first kappa shape index (κ1) is 19.7. The number of sulfonamides is 1. The zero-order valence-electron chi connectivity index (χ0n) is 15.1. The van der Waals surface area contributed by atoms with Crippen molar-refractivity contribution in [3.8, 4) is 5.75 Å². The van der Waals surface area contributed by atoms with Gasteiger partial charge in [0.2, 0.25) is 10.0 Å². The number of nitrogens with zero attached hydrogens (tertiary/aromatic N) is 1. The quantitative estimate of drug-likeness (QED) is 0.768. The Bertz CT molecular complexity index is 851. The first-order valence-corrected chi connectivity index (χ1v) is 11.4. The predicted octanol–water partition coefficient (Wildman–Crippen LogP) is 2.87. The minimum absolute atomic E-state index is 0.234. The average molecular weight is 410 g/mol. The third kappa shape index (κ3) is 6.23. The lowest BCUT2D eigenvalue weighted by atomic mass is 10.1. The number of piperidine rings is 1. The smallest absolute Gasteiger partial charge is 0.321 e. The van der Waals surface area contributed by atoms with Gasteiger partial charge < -0.3 is 15.0 Å². The largest absolute Gasteiger partial charge is 0.488 e. The summed E-state index contributed by atoms with van der Waals surface area (Å²) in [6.07, 6.45) is 2.62. The minimum atomic E-state index is -3.28. The molecule has 7 nitrogen and oxygen atoms in total. The number of carbonyl (C=O) groups is 1. The van der Waals surface area contributed by atoms with E-state index in [2.05, 4.69) is 10.0 Å². The molecule has 1 aliphatic heterocycles. The number of thiophene rings is 1. The molecule has 27 heavy (non-hydrogen) atoms. The normalized spacial score (nSPS) is 17.5. The lowest BCUT2D eigenvalue weighted by molar-refractivity contribution is 0.190. The van der Waals surface area contributed by atoms with E-state index >= 15 is 0 Å². The summed E-state index contributed by atoms with van der Waals surface area (Å²) in [5.41, 5.74) is 0.668. The molecule has 0 spiro atoms. The molecule has 0 aliphatic carbocycles. The number of likely N-dealkylation sites (tertiary alicyclic amines) is 1. The standard InChI is InChI=1S/C18H23N3O4S2/c1-27(23,24)20-15-4-2-10-21(12-15)18(22)19-14-6-8-16(9-7-14)25-13-17-5-3-11-26-17/h3,5-9,11,15,20H,2,4,10,12-13H2,1H3,(H,19,22)/t15-/m0/s1. The Kier molecular flexibility index (Phi) is 6.35. The maximum absolute atomic E-state index is 12.5. The summed E-state index contributed by atoms with van der Waals surface area (Å²) in [7, 11) is -3.28. The fourth-order valence-electron chi connectivity index (χ4n) is 2.95. The summed E-state index contributed by atoms with van der Waals surface area (Å²) in [5.74, 6) is 0.733. The number of carbonyl (C=O) groups excluding carboxylic acids is 1. The molecular formula is C18H23N3O4S2. The van der Waals surface area contributed by atoms with E-state index in [0.717, 1.165) is 29.7 Å². The molecule has 0 saturated carbocycles. The fraction of sp³-hybridized carbons (Fsp3) is 0.389. The Balaban J connectivity index is 1.51. The zero-order valence-corrected chi connectivity index (χ0v) is 16.7. The Labute approximate surface area is 163 Å². The van der Waals surface area contributed by atoms with Crippen LogP contribution in [0.4, 0.5) is 10.5 Å². The summed E-state index contributed by atoms with van der Waals surface area (Å²) in [5, 5.41) is 4.86. The molecular weight excluding hydrogens is 386 g/mol. The predicted molar refractivity (Wildman–Crippen MR) is 107 cm³/mol. The van der Waals surface area contributed by atoms with E-state index in [9.17, 15) is 13.2 Å². The van der Waals surface area contributed by atoms with Gasteiger partial charge in [-0.05, 0) is 48.6 Å². The third-order valence-electron chi connectivity index (χ3n) is 4.16. The molecule has 1 atom stereocenters. The molecule has 2 heterocycles. The minimum Gasteiger partial charge on any atom is -0.488 e. The van der Waals surface area contributed by atoms with Crippen LogP contribution in [0.1, 0.15) is 17.7 Å². The maximum Gasteiger partial charge on any atom is 0.321 e. The summed E-state index contributed by atoms with van der Waals surface area (Å²) >= 11 is 1.64. The molecule has 3 rings (SSSR count). The van der Waals surface area contributed by atoms with Crippen LogP contribution in [-0.4, -0.2) is 44.7 Å². The van der Waals surface area contributed by atoms with Gasteiger partial charge in [-0.25, -0.2) is 17.9 Å². The molecule has 1 aliphatic rings. The SMILES string of the molecule is CS(=O)(=O)N[C@H]1CCCN(C(=O)Nc2ccc(OCc3cccs3)cc2)C1. The second-order valence-electron chi connectivity index (χ2n) is 6.50. The molecule has 0 unspecified atom stereocenters. The molecule has 1 saturated heterocycles. The van der Waals surface area contributed by atoms with Gasteiger partial charge in [0.25, 0.3) is 0 Å². The summed E-state index contributed by atoms with van der Waals surface area (Å²) in [6, 6.07) is 10.7. The van der Waals surface area contributed by atoms with Gasteiger partial charge in [-0.1, -0.05) is 6.07 Å². The number of anilines is 1. The van der Waals surface area contributed by atoms with Crippen LogP contribution in [0.2, 0.25) is 0 Å². The number of hydrogen-bond donors (Lipinski definition) is 2. The van der Waals surface area contributed by atoms with Gasteiger partial charge >= 0.3 is 6.03 Å². The highest BCUT2D eigenvalue weighted by Crippen LogP contribution is 2.19. The lowest BCUT2D eigenvalue weighted by Crippen LogP contribution is -2.50. The van der Waals surface area contributed by atoms with Gasteiger partial charge in [-0.15, -0.1) is 11.3 Å². The molecule has 2 aromatic rings. The topological polar surface area (TPSA) is 87.7 Å². The highest BCUT2D eigenvalue weighted by Gasteiger charge is 2.25. The molecule has 1 aromatic carbocycles. The van der Waals surface area contributed by atoms with Gasteiger partial charge in [0.05, 0.1) is 6.26 Å². The van der Waals surface area contributed by atoms with Crippen molar-refractivity contribution in [1.82, 2.24) is 9.62 Å². The maximum atomic E-state index is 12.5. The molecule has 2 amide bonds. The lowest BCUT2D eigenvalue weighted by Gasteiger charge is -2.32. The number of nitrogens with one attached hydrogen (secondary N) is 2. The van der Waals surface area contributed by atoms with Crippen LogP contribution in [0.25, 0.3) is 0 Å². The number of hydrogen-bond acceptors (Lipinski definition) is 5. The van der Waals surface area contributed by atoms with Crippen molar-refractivity contribution in [2.75, 3.05) is 24.7 Å². The van der Waals surface area contributed by atoms with Gasteiger partial charge in [0.15, 0.2) is 0 Å². The number of urea groups is 1. The van der Waals surface area contributed by atoms with Crippen LogP contribution < -0.4 is 14.8 Å². The molecule has 9 heteroatoms. The van der Waals surface area contributed by atoms with E-state index in [1.807, 2.05) is 29.6 Å². The van der Waals surface area contributed by atoms with Crippen LogP contribution in [0.15, 0.2) is 41.8 Å². The second-order valence-corrected chi connectivity index (χ2v) is 9.31. The third-order valence-corrected chi connectivity index (χ3v) is 5.77. The number of amides is 2. The van der Waals surface area contributed by atoms with E-state index in [1.165, 1.54) is 0 Å². The van der Waals surface area contributed by atoms with Crippen LogP contribution in [-0.2, 0) is 16.6 Å². The number of ether oxygens (including phenoxy) is 1. The Morgan fingerprint density at radius 2 is 2.07 bits per heavy atom. The summed E-state index contributed by atoms with van der Waals surface area (Å²) < 4.78 is 31.1. The molecule has 1 aromatic heterocycles. The highest BCUT2D eigenvalue weighted by atomic mass is 32.2. The van der Waals surface area contributed by atoms with Crippen LogP contribution in [0.5, 0.6) is 5.75 Å².